The summed E-state index contributed by atoms with van der Waals surface area (Å²) in [6.07, 6.45) is 6.81. The first-order chi connectivity index (χ1) is 10.1. The number of aldehydes is 1. The van der Waals surface area contributed by atoms with Gasteiger partial charge in [-0.25, -0.2) is 0 Å². The van der Waals surface area contributed by atoms with Crippen LogP contribution in [0.25, 0.3) is 0 Å². The predicted octanol–water partition coefficient (Wildman–Crippen LogP) is 4.13. The highest BCUT2D eigenvalue weighted by molar-refractivity contribution is 5.75. The van der Waals surface area contributed by atoms with Crippen LogP contribution < -0.4 is 0 Å². The van der Waals surface area contributed by atoms with E-state index in [4.69, 9.17) is 5.26 Å². The van der Waals surface area contributed by atoms with Crippen molar-refractivity contribution in [3.63, 3.8) is 0 Å². The third-order valence-electron chi connectivity index (χ3n) is 3.85. The second-order valence-electron chi connectivity index (χ2n) is 5.22. The minimum Gasteiger partial charge on any atom is -0.298 e. The molecule has 0 spiro atoms. The number of nitrogens with zero attached hydrogens (tertiary/aromatic N) is 2. The van der Waals surface area contributed by atoms with Crippen LogP contribution in [-0.4, -0.2) is 11.2 Å². The Labute approximate surface area is 124 Å². The van der Waals surface area contributed by atoms with Gasteiger partial charge in [0.15, 0.2) is 0 Å². The molecule has 1 saturated carbocycles. The Morgan fingerprint density at radius 3 is 2.24 bits per heavy atom. The molecule has 1 fully saturated rings. The molecular formula is C16H20N2O3. The fourth-order valence-corrected chi connectivity index (χ4v) is 2.37. The largest absolute Gasteiger partial charge is 0.298 e. The van der Waals surface area contributed by atoms with Crippen molar-refractivity contribution in [1.82, 2.24) is 0 Å². The molecule has 0 radical (unpaired) electrons. The van der Waals surface area contributed by atoms with Gasteiger partial charge in [0.25, 0.3) is 5.69 Å². The molecule has 0 N–H and O–H groups in total. The lowest BCUT2D eigenvalue weighted by Crippen LogP contribution is -2.12. The first-order valence-electron chi connectivity index (χ1n) is 7.20. The average Bonchev–Trinajstić information content (AvgIpc) is 2.55. The van der Waals surface area contributed by atoms with Gasteiger partial charge in [-0.1, -0.05) is 13.3 Å². The maximum atomic E-state index is 10.1. The second-order valence-corrected chi connectivity index (χ2v) is 5.22. The number of benzene rings is 1. The molecule has 0 unspecified atom stereocenters. The van der Waals surface area contributed by atoms with Gasteiger partial charge in [0.05, 0.1) is 11.0 Å². The lowest BCUT2D eigenvalue weighted by Gasteiger charge is -2.22. The Bertz CT molecular complexity index is 497. The summed E-state index contributed by atoms with van der Waals surface area (Å²) in [7, 11) is 0. The molecule has 0 saturated heterocycles. The molecule has 0 heterocycles. The van der Waals surface area contributed by atoms with Crippen LogP contribution in [-0.2, 0) is 0 Å². The van der Waals surface area contributed by atoms with E-state index in [1.807, 2.05) is 0 Å². The number of carbonyl (C=O) groups excluding carboxylic acids is 1. The maximum absolute atomic E-state index is 10.1. The van der Waals surface area contributed by atoms with Crippen LogP contribution in [0.3, 0.4) is 0 Å². The quantitative estimate of drug-likeness (QED) is 0.475. The molecule has 2 rings (SSSR count). The SMILES string of the molecule is CCC1CCC(C#N)CC1.O=Cc1ccc([N+](=O)[O-])cc1. The van der Waals surface area contributed by atoms with E-state index in [1.54, 1.807) is 0 Å². The summed E-state index contributed by atoms with van der Waals surface area (Å²) in [6, 6.07) is 7.76. The van der Waals surface area contributed by atoms with Gasteiger partial charge in [0, 0.05) is 23.6 Å². The van der Waals surface area contributed by atoms with Gasteiger partial charge >= 0.3 is 0 Å². The standard InChI is InChI=1S/C9H15N.C7H5NO3/c1-2-8-3-5-9(7-10)6-4-8;9-5-6-1-3-7(4-2-6)8(10)11/h8-9H,2-6H2,1H3;1-5H. The molecule has 0 amide bonds. The van der Waals surface area contributed by atoms with Crippen LogP contribution in [0.2, 0.25) is 0 Å². The molecule has 21 heavy (non-hydrogen) atoms. The van der Waals surface area contributed by atoms with Crippen LogP contribution in [0.15, 0.2) is 24.3 Å². The average molecular weight is 288 g/mol. The van der Waals surface area contributed by atoms with Crippen LogP contribution >= 0.6 is 0 Å². The number of non-ortho nitro benzene ring substituents is 1. The van der Waals surface area contributed by atoms with E-state index in [1.165, 1.54) is 43.5 Å². The van der Waals surface area contributed by atoms with E-state index in [2.05, 4.69) is 13.0 Å². The number of hydrogen-bond acceptors (Lipinski definition) is 4. The van der Waals surface area contributed by atoms with Gasteiger partial charge in [-0.3, -0.25) is 14.9 Å². The molecule has 0 aliphatic heterocycles. The number of nitro benzene ring substituents is 1. The molecule has 1 aromatic carbocycles. The summed E-state index contributed by atoms with van der Waals surface area (Å²) in [6.45, 7) is 2.25. The Morgan fingerprint density at radius 1 is 1.29 bits per heavy atom. The Morgan fingerprint density at radius 2 is 1.86 bits per heavy atom. The smallest absolute Gasteiger partial charge is 0.269 e. The van der Waals surface area contributed by atoms with Gasteiger partial charge in [-0.2, -0.15) is 5.26 Å². The Balaban J connectivity index is 0.000000211. The minimum absolute atomic E-state index is 0.00407. The minimum atomic E-state index is -0.505. The second kappa shape index (κ2) is 8.85. The van der Waals surface area contributed by atoms with E-state index in [9.17, 15) is 14.9 Å². The lowest BCUT2D eigenvalue weighted by atomic mass is 9.82. The van der Waals surface area contributed by atoms with Gasteiger partial charge < -0.3 is 0 Å². The van der Waals surface area contributed by atoms with Crippen molar-refractivity contribution in [1.29, 1.82) is 5.26 Å². The molecule has 1 aromatic rings. The van der Waals surface area contributed by atoms with Gasteiger partial charge in [-0.05, 0) is 43.7 Å². The van der Waals surface area contributed by atoms with E-state index >= 15 is 0 Å². The molecule has 1 aliphatic rings. The molecular weight excluding hydrogens is 268 g/mol. The fourth-order valence-electron chi connectivity index (χ4n) is 2.37. The highest BCUT2D eigenvalue weighted by Crippen LogP contribution is 2.29. The number of nitro groups is 1. The molecule has 5 heteroatoms. The molecule has 0 bridgehead atoms. The topological polar surface area (TPSA) is 84.0 Å². The lowest BCUT2D eigenvalue weighted by molar-refractivity contribution is -0.384. The summed E-state index contributed by atoms with van der Waals surface area (Å²) < 4.78 is 0. The van der Waals surface area contributed by atoms with Crippen molar-refractivity contribution < 1.29 is 9.72 Å². The first kappa shape index (κ1) is 16.8. The molecule has 1 aliphatic carbocycles. The highest BCUT2D eigenvalue weighted by Gasteiger charge is 2.18. The van der Waals surface area contributed by atoms with Crippen molar-refractivity contribution in [3.05, 3.63) is 39.9 Å². The third-order valence-corrected chi connectivity index (χ3v) is 3.85. The van der Waals surface area contributed by atoms with Crippen LogP contribution in [0, 0.1) is 33.3 Å². The summed E-state index contributed by atoms with van der Waals surface area (Å²) in [5.74, 6) is 1.30. The molecule has 5 nitrogen and oxygen atoms in total. The number of hydrogen-bond donors (Lipinski definition) is 0. The number of rotatable bonds is 3. The van der Waals surface area contributed by atoms with Crippen molar-refractivity contribution in [2.75, 3.05) is 0 Å². The van der Waals surface area contributed by atoms with Crippen molar-refractivity contribution >= 4 is 12.0 Å². The number of carbonyl (C=O) groups is 1. The zero-order valence-corrected chi connectivity index (χ0v) is 12.2. The van der Waals surface area contributed by atoms with Gasteiger partial charge in [0.2, 0.25) is 0 Å². The molecule has 0 aromatic heterocycles. The fraction of sp³-hybridized carbons (Fsp3) is 0.500. The van der Waals surface area contributed by atoms with Crippen LogP contribution in [0.4, 0.5) is 5.69 Å². The number of nitriles is 1. The van der Waals surface area contributed by atoms with E-state index in [0.717, 1.165) is 18.8 Å². The maximum Gasteiger partial charge on any atom is 0.269 e. The van der Waals surface area contributed by atoms with E-state index in [-0.39, 0.29) is 5.69 Å². The molecule has 0 atom stereocenters. The third kappa shape index (κ3) is 5.74. The Kier molecular flexibility index (Phi) is 7.10. The molecule has 112 valence electrons. The predicted molar refractivity (Wildman–Crippen MR) is 79.8 cm³/mol. The first-order valence-corrected chi connectivity index (χ1v) is 7.20. The van der Waals surface area contributed by atoms with Crippen molar-refractivity contribution in [2.45, 2.75) is 39.0 Å². The van der Waals surface area contributed by atoms with Crippen molar-refractivity contribution in [2.24, 2.45) is 11.8 Å². The van der Waals surface area contributed by atoms with E-state index in [0.29, 0.717) is 17.8 Å². The Hall–Kier alpha value is -2.22. The monoisotopic (exact) mass is 288 g/mol. The van der Waals surface area contributed by atoms with Crippen LogP contribution in [0.5, 0.6) is 0 Å². The van der Waals surface area contributed by atoms with Gasteiger partial charge in [0.1, 0.15) is 6.29 Å². The summed E-state index contributed by atoms with van der Waals surface area (Å²) in [5, 5.41) is 18.7. The van der Waals surface area contributed by atoms with Gasteiger partial charge in [-0.15, -0.1) is 0 Å². The van der Waals surface area contributed by atoms with E-state index < -0.39 is 4.92 Å². The summed E-state index contributed by atoms with van der Waals surface area (Å²) in [4.78, 5) is 19.7. The summed E-state index contributed by atoms with van der Waals surface area (Å²) in [5.41, 5.74) is 0.436. The van der Waals surface area contributed by atoms with Crippen molar-refractivity contribution in [3.8, 4) is 6.07 Å². The van der Waals surface area contributed by atoms with Crippen LogP contribution in [0.1, 0.15) is 49.4 Å². The normalized spacial score (nSPS) is 20.6. The summed E-state index contributed by atoms with van der Waals surface area (Å²) >= 11 is 0. The zero-order valence-electron chi connectivity index (χ0n) is 12.2. The zero-order chi connectivity index (χ0) is 15.7. The highest BCUT2D eigenvalue weighted by atomic mass is 16.6.